The van der Waals surface area contributed by atoms with Gasteiger partial charge in [-0.15, -0.1) is 11.8 Å². The minimum atomic E-state index is -0.426. The number of hydrogen-bond donors (Lipinski definition) is 2. The fourth-order valence-corrected chi connectivity index (χ4v) is 3.28. The summed E-state index contributed by atoms with van der Waals surface area (Å²) in [4.78, 5) is 36.3. The summed E-state index contributed by atoms with van der Waals surface area (Å²) in [6.45, 7) is 0. The van der Waals surface area contributed by atoms with Crippen molar-refractivity contribution in [2.24, 2.45) is 0 Å². The zero-order chi connectivity index (χ0) is 16.9. The highest BCUT2D eigenvalue weighted by molar-refractivity contribution is 7.99. The third kappa shape index (κ3) is 3.83. The first-order valence-electron chi connectivity index (χ1n) is 7.61. The molecule has 0 aromatic heterocycles. The minimum absolute atomic E-state index is 0.103. The highest BCUT2D eigenvalue weighted by atomic mass is 32.2. The molecule has 122 valence electrons. The minimum Gasteiger partial charge on any atom is -0.326 e. The molecule has 0 atom stereocenters. The van der Waals surface area contributed by atoms with Crippen molar-refractivity contribution in [3.8, 4) is 0 Å². The van der Waals surface area contributed by atoms with Crippen LogP contribution in [0.5, 0.6) is 0 Å². The van der Waals surface area contributed by atoms with Crippen LogP contribution in [-0.2, 0) is 4.79 Å². The Bertz CT molecular complexity index is 790. The van der Waals surface area contributed by atoms with Crippen LogP contribution in [0.1, 0.15) is 33.6 Å². The van der Waals surface area contributed by atoms with E-state index in [-0.39, 0.29) is 5.91 Å². The molecule has 2 aromatic rings. The van der Waals surface area contributed by atoms with Crippen LogP contribution in [0, 0.1) is 0 Å². The number of rotatable bonds is 6. The average Bonchev–Trinajstić information content (AvgIpc) is 2.87. The number of amides is 3. The molecular weight excluding hydrogens is 324 g/mol. The number of imide groups is 1. The molecule has 0 saturated carbocycles. The predicted octanol–water partition coefficient (Wildman–Crippen LogP) is 3.08. The van der Waals surface area contributed by atoms with E-state index in [1.54, 1.807) is 23.9 Å². The summed E-state index contributed by atoms with van der Waals surface area (Å²) in [5.41, 5.74) is 1.18. The van der Waals surface area contributed by atoms with Gasteiger partial charge in [-0.25, -0.2) is 0 Å². The molecule has 0 radical (unpaired) electrons. The second-order valence-electron chi connectivity index (χ2n) is 5.36. The summed E-state index contributed by atoms with van der Waals surface area (Å²) in [7, 11) is 0. The van der Waals surface area contributed by atoms with E-state index in [0.29, 0.717) is 23.2 Å². The van der Waals surface area contributed by atoms with Gasteiger partial charge in [-0.1, -0.05) is 18.2 Å². The molecule has 1 aliphatic rings. The molecule has 3 rings (SSSR count). The molecule has 6 heteroatoms. The maximum Gasteiger partial charge on any atom is 0.259 e. The van der Waals surface area contributed by atoms with E-state index in [1.165, 1.54) is 11.0 Å². The summed E-state index contributed by atoms with van der Waals surface area (Å²) in [5.74, 6) is -0.0667. The number of hydrogen-bond acceptors (Lipinski definition) is 4. The van der Waals surface area contributed by atoms with Gasteiger partial charge in [-0.2, -0.15) is 0 Å². The molecule has 1 heterocycles. The molecule has 5 nitrogen and oxygen atoms in total. The van der Waals surface area contributed by atoms with Crippen molar-refractivity contribution in [3.05, 3.63) is 59.7 Å². The predicted molar refractivity (Wildman–Crippen MR) is 93.3 cm³/mol. The van der Waals surface area contributed by atoms with Gasteiger partial charge in [0.05, 0.1) is 11.1 Å². The van der Waals surface area contributed by atoms with E-state index in [4.69, 9.17) is 0 Å². The topological polar surface area (TPSA) is 75.3 Å². The summed E-state index contributed by atoms with van der Waals surface area (Å²) >= 11 is 1.72. The Kier molecular flexibility index (Phi) is 4.96. The first-order chi connectivity index (χ1) is 11.6. The van der Waals surface area contributed by atoms with Crippen LogP contribution in [0.4, 0.5) is 5.69 Å². The van der Waals surface area contributed by atoms with E-state index in [1.807, 2.05) is 30.3 Å². The van der Waals surface area contributed by atoms with Crippen LogP contribution in [0.15, 0.2) is 53.4 Å². The summed E-state index contributed by atoms with van der Waals surface area (Å²) in [6.07, 6.45) is 1.16. The quantitative estimate of drug-likeness (QED) is 0.481. The Morgan fingerprint density at radius 2 is 1.75 bits per heavy atom. The number of thioether (sulfide) groups is 1. The molecule has 24 heavy (non-hydrogen) atoms. The van der Waals surface area contributed by atoms with Crippen LogP contribution < -0.4 is 10.6 Å². The zero-order valence-electron chi connectivity index (χ0n) is 12.9. The number of carbonyl (C=O) groups excluding carboxylic acids is 3. The zero-order valence-corrected chi connectivity index (χ0v) is 13.7. The van der Waals surface area contributed by atoms with E-state index >= 15 is 0 Å². The Morgan fingerprint density at radius 1 is 1.00 bits per heavy atom. The van der Waals surface area contributed by atoms with Crippen LogP contribution in [0.2, 0.25) is 0 Å². The SMILES string of the molecule is O=C(CCCSc1ccccc1)Nc1ccc2c(c1)C(=O)NC2=O. The standard InChI is InChI=1S/C18H16N2O3S/c21-16(7-4-10-24-13-5-2-1-3-6-13)19-12-8-9-14-15(11-12)18(23)20-17(14)22/h1-3,5-6,8-9,11H,4,7,10H2,(H,19,21)(H,20,22,23). The molecule has 2 aromatic carbocycles. The molecule has 0 saturated heterocycles. The molecule has 2 N–H and O–H groups in total. The van der Waals surface area contributed by atoms with Gasteiger partial charge in [0.15, 0.2) is 0 Å². The van der Waals surface area contributed by atoms with Crippen LogP contribution >= 0.6 is 11.8 Å². The molecule has 0 unspecified atom stereocenters. The van der Waals surface area contributed by atoms with E-state index < -0.39 is 11.8 Å². The van der Waals surface area contributed by atoms with Crippen molar-refractivity contribution in [1.82, 2.24) is 5.32 Å². The molecule has 0 fully saturated rings. The van der Waals surface area contributed by atoms with Crippen molar-refractivity contribution in [3.63, 3.8) is 0 Å². The lowest BCUT2D eigenvalue weighted by Gasteiger charge is -2.06. The van der Waals surface area contributed by atoms with Gasteiger partial charge in [0.1, 0.15) is 0 Å². The van der Waals surface area contributed by atoms with Crippen LogP contribution in [-0.4, -0.2) is 23.5 Å². The van der Waals surface area contributed by atoms with E-state index in [0.717, 1.165) is 12.2 Å². The molecular formula is C18H16N2O3S. The first kappa shape index (κ1) is 16.3. The highest BCUT2D eigenvalue weighted by Crippen LogP contribution is 2.21. The third-order valence-electron chi connectivity index (χ3n) is 3.58. The Morgan fingerprint density at radius 3 is 2.54 bits per heavy atom. The molecule has 0 spiro atoms. The largest absolute Gasteiger partial charge is 0.326 e. The lowest BCUT2D eigenvalue weighted by atomic mass is 10.1. The Balaban J connectivity index is 1.48. The van der Waals surface area contributed by atoms with Crippen molar-refractivity contribution in [2.45, 2.75) is 17.7 Å². The number of nitrogens with one attached hydrogen (secondary N) is 2. The van der Waals surface area contributed by atoms with Gasteiger partial charge in [-0.3, -0.25) is 19.7 Å². The fourth-order valence-electron chi connectivity index (χ4n) is 2.41. The Labute approximate surface area is 143 Å². The third-order valence-corrected chi connectivity index (χ3v) is 4.68. The number of fused-ring (bicyclic) bond motifs is 1. The summed E-state index contributed by atoms with van der Waals surface area (Å²) in [6, 6.07) is 14.8. The number of carbonyl (C=O) groups is 3. The van der Waals surface area contributed by atoms with Gasteiger partial charge in [0.2, 0.25) is 5.91 Å². The lowest BCUT2D eigenvalue weighted by Crippen LogP contribution is -2.19. The van der Waals surface area contributed by atoms with Crippen LogP contribution in [0.3, 0.4) is 0 Å². The van der Waals surface area contributed by atoms with Gasteiger partial charge < -0.3 is 5.32 Å². The van der Waals surface area contributed by atoms with Crippen LogP contribution in [0.25, 0.3) is 0 Å². The first-order valence-corrected chi connectivity index (χ1v) is 8.59. The molecule has 3 amide bonds. The fraction of sp³-hybridized carbons (Fsp3) is 0.167. The number of anilines is 1. The van der Waals surface area contributed by atoms with Crippen molar-refractivity contribution >= 4 is 35.2 Å². The number of benzene rings is 2. The summed E-state index contributed by atoms with van der Waals surface area (Å²) in [5, 5.41) is 4.99. The van der Waals surface area contributed by atoms with Crippen molar-refractivity contribution in [1.29, 1.82) is 0 Å². The Hall–Kier alpha value is -2.60. The van der Waals surface area contributed by atoms with Gasteiger partial charge in [0, 0.05) is 17.0 Å². The smallest absolute Gasteiger partial charge is 0.259 e. The normalized spacial score (nSPS) is 12.7. The van der Waals surface area contributed by atoms with Crippen molar-refractivity contribution in [2.75, 3.05) is 11.1 Å². The van der Waals surface area contributed by atoms with Gasteiger partial charge >= 0.3 is 0 Å². The highest BCUT2D eigenvalue weighted by Gasteiger charge is 2.26. The maximum atomic E-state index is 12.0. The maximum absolute atomic E-state index is 12.0. The van der Waals surface area contributed by atoms with Crippen molar-refractivity contribution < 1.29 is 14.4 Å². The van der Waals surface area contributed by atoms with E-state index in [9.17, 15) is 14.4 Å². The molecule has 0 bridgehead atoms. The monoisotopic (exact) mass is 340 g/mol. The summed E-state index contributed by atoms with van der Waals surface area (Å²) < 4.78 is 0. The second kappa shape index (κ2) is 7.31. The second-order valence-corrected chi connectivity index (χ2v) is 6.53. The van der Waals surface area contributed by atoms with E-state index in [2.05, 4.69) is 10.6 Å². The van der Waals surface area contributed by atoms with Gasteiger partial charge in [0.25, 0.3) is 11.8 Å². The molecule has 0 aliphatic carbocycles. The average molecular weight is 340 g/mol. The van der Waals surface area contributed by atoms with Gasteiger partial charge in [-0.05, 0) is 42.5 Å². The molecule has 1 aliphatic heterocycles. The lowest BCUT2D eigenvalue weighted by molar-refractivity contribution is -0.116.